The smallest absolute Gasteiger partial charge is 0.340 e. The van der Waals surface area contributed by atoms with Crippen molar-refractivity contribution in [3.63, 3.8) is 0 Å². The van der Waals surface area contributed by atoms with Crippen LogP contribution in [0.25, 0.3) is 0 Å². The van der Waals surface area contributed by atoms with E-state index in [2.05, 4.69) is 0 Å². The topological polar surface area (TPSA) is 60.4 Å². The van der Waals surface area contributed by atoms with Gasteiger partial charge in [-0.2, -0.15) is 0 Å². The predicted octanol–water partition coefficient (Wildman–Crippen LogP) is 3.29. The third-order valence-corrected chi connectivity index (χ3v) is 4.35. The van der Waals surface area contributed by atoms with Crippen LogP contribution in [0, 0.1) is 11.6 Å². The molecular weight excluding hydrogens is 326 g/mol. The van der Waals surface area contributed by atoms with Crippen molar-refractivity contribution in [2.45, 2.75) is 17.9 Å². The van der Waals surface area contributed by atoms with Crippen molar-refractivity contribution in [1.29, 1.82) is 0 Å². The summed E-state index contributed by atoms with van der Waals surface area (Å²) in [7, 11) is -3.62. The minimum atomic E-state index is -3.62. The predicted molar refractivity (Wildman–Crippen MR) is 79.7 cm³/mol. The summed E-state index contributed by atoms with van der Waals surface area (Å²) >= 11 is 0. The van der Waals surface area contributed by atoms with Gasteiger partial charge in [0.15, 0.2) is 9.84 Å². The highest BCUT2D eigenvalue weighted by atomic mass is 32.2. The fourth-order valence-electron chi connectivity index (χ4n) is 2.08. The molecule has 0 spiro atoms. The van der Waals surface area contributed by atoms with Crippen LogP contribution in [-0.4, -0.2) is 20.6 Å². The first kappa shape index (κ1) is 17.1. The minimum absolute atomic E-state index is 0.00316. The molecular formula is C16H14F2O4S. The molecule has 0 saturated carbocycles. The monoisotopic (exact) mass is 340 g/mol. The van der Waals surface area contributed by atoms with Gasteiger partial charge in [-0.3, -0.25) is 0 Å². The Kier molecular flexibility index (Phi) is 4.79. The van der Waals surface area contributed by atoms with Crippen LogP contribution in [0.3, 0.4) is 0 Å². The Morgan fingerprint density at radius 3 is 2.39 bits per heavy atom. The molecule has 122 valence electrons. The van der Waals surface area contributed by atoms with Crippen molar-refractivity contribution in [3.05, 3.63) is 65.2 Å². The molecule has 7 heteroatoms. The van der Waals surface area contributed by atoms with Gasteiger partial charge < -0.3 is 4.74 Å². The zero-order valence-electron chi connectivity index (χ0n) is 12.4. The Morgan fingerprint density at radius 1 is 1.13 bits per heavy atom. The van der Waals surface area contributed by atoms with E-state index in [1.165, 1.54) is 37.3 Å². The molecule has 2 aromatic rings. The highest BCUT2D eigenvalue weighted by molar-refractivity contribution is 7.90. The molecule has 0 aliphatic rings. The molecule has 0 saturated heterocycles. The maximum absolute atomic E-state index is 13.7. The van der Waals surface area contributed by atoms with Crippen molar-refractivity contribution >= 4 is 15.8 Å². The molecule has 0 aliphatic heterocycles. The van der Waals surface area contributed by atoms with E-state index in [4.69, 9.17) is 4.74 Å². The van der Waals surface area contributed by atoms with Crippen LogP contribution in [0.2, 0.25) is 0 Å². The fraction of sp³-hybridized carbons (Fsp3) is 0.188. The fourth-order valence-corrected chi connectivity index (χ4v) is 2.95. The van der Waals surface area contributed by atoms with E-state index in [0.717, 1.165) is 12.3 Å². The molecule has 4 nitrogen and oxygen atoms in total. The van der Waals surface area contributed by atoms with Gasteiger partial charge >= 0.3 is 5.97 Å². The quantitative estimate of drug-likeness (QED) is 0.802. The van der Waals surface area contributed by atoms with Gasteiger partial charge in [0.25, 0.3) is 0 Å². The van der Waals surface area contributed by atoms with E-state index in [1.54, 1.807) is 0 Å². The molecule has 0 aliphatic carbocycles. The average molecular weight is 340 g/mol. The second kappa shape index (κ2) is 6.45. The van der Waals surface area contributed by atoms with Gasteiger partial charge in [-0.1, -0.05) is 12.1 Å². The average Bonchev–Trinajstić information content (AvgIpc) is 2.46. The Balaban J connectivity index is 2.29. The lowest BCUT2D eigenvalue weighted by atomic mass is 10.1. The van der Waals surface area contributed by atoms with E-state index < -0.39 is 33.5 Å². The molecule has 0 unspecified atom stereocenters. The molecule has 0 bridgehead atoms. The number of carbonyl (C=O) groups excluding carboxylic acids is 1. The van der Waals surface area contributed by atoms with Crippen molar-refractivity contribution in [1.82, 2.24) is 0 Å². The summed E-state index contributed by atoms with van der Waals surface area (Å²) in [6.45, 7) is 1.41. The summed E-state index contributed by atoms with van der Waals surface area (Å²) in [6.07, 6.45) is -0.0296. The first-order valence-corrected chi connectivity index (χ1v) is 8.54. The van der Waals surface area contributed by atoms with Gasteiger partial charge in [-0.05, 0) is 31.2 Å². The summed E-state index contributed by atoms with van der Waals surface area (Å²) < 4.78 is 55.1. The summed E-state index contributed by atoms with van der Waals surface area (Å²) in [5.41, 5.74) is -0.138. The molecule has 2 rings (SSSR count). The number of hydrogen-bond donors (Lipinski definition) is 0. The zero-order chi connectivity index (χ0) is 17.2. The maximum atomic E-state index is 13.7. The number of ether oxygens (including phenoxy) is 1. The van der Waals surface area contributed by atoms with Gasteiger partial charge in [-0.15, -0.1) is 0 Å². The molecule has 0 fully saturated rings. The number of carbonyl (C=O) groups is 1. The van der Waals surface area contributed by atoms with Gasteiger partial charge in [0, 0.05) is 17.9 Å². The Labute approximate surface area is 132 Å². The summed E-state index contributed by atoms with van der Waals surface area (Å²) in [4.78, 5) is 12.0. The van der Waals surface area contributed by atoms with Crippen molar-refractivity contribution < 1.29 is 26.7 Å². The maximum Gasteiger partial charge on any atom is 0.340 e. The second-order valence-electron chi connectivity index (χ2n) is 4.98. The first-order chi connectivity index (χ1) is 10.7. The number of benzene rings is 2. The third kappa shape index (κ3) is 3.92. The minimum Gasteiger partial charge on any atom is -0.454 e. The van der Waals surface area contributed by atoms with Crippen molar-refractivity contribution in [3.8, 4) is 0 Å². The van der Waals surface area contributed by atoms with Gasteiger partial charge in [0.2, 0.25) is 0 Å². The molecule has 0 amide bonds. The third-order valence-electron chi connectivity index (χ3n) is 3.19. The number of sulfone groups is 1. The van der Waals surface area contributed by atoms with Crippen LogP contribution in [0.15, 0.2) is 47.4 Å². The van der Waals surface area contributed by atoms with Crippen molar-refractivity contribution in [2.24, 2.45) is 0 Å². The van der Waals surface area contributed by atoms with Crippen LogP contribution >= 0.6 is 0 Å². The Morgan fingerprint density at radius 2 is 1.78 bits per heavy atom. The second-order valence-corrected chi connectivity index (χ2v) is 6.97. The number of rotatable bonds is 4. The van der Waals surface area contributed by atoms with E-state index >= 15 is 0 Å². The molecule has 2 aromatic carbocycles. The summed E-state index contributed by atoms with van der Waals surface area (Å²) in [5.74, 6) is -2.49. The van der Waals surface area contributed by atoms with E-state index in [9.17, 15) is 22.0 Å². The standard InChI is InChI=1S/C16H14F2O4S/c1-10(12-8-7-11(17)9-14(12)18)22-16(19)13-5-3-4-6-15(13)23(2,20)21/h3-10H,1-2H3/t10-/m0/s1. The summed E-state index contributed by atoms with van der Waals surface area (Å²) in [6, 6.07) is 8.48. The number of esters is 1. The van der Waals surface area contributed by atoms with Crippen LogP contribution in [0.4, 0.5) is 8.78 Å². The van der Waals surface area contributed by atoms with Crippen LogP contribution in [-0.2, 0) is 14.6 Å². The molecule has 0 radical (unpaired) electrons. The normalized spacial score (nSPS) is 12.7. The van der Waals surface area contributed by atoms with Gasteiger partial charge in [-0.25, -0.2) is 22.0 Å². The Bertz CT molecular complexity index is 847. The lowest BCUT2D eigenvalue weighted by molar-refractivity contribution is 0.0326. The molecule has 0 heterocycles. The highest BCUT2D eigenvalue weighted by Gasteiger charge is 2.22. The first-order valence-electron chi connectivity index (χ1n) is 6.65. The van der Waals surface area contributed by atoms with E-state index in [0.29, 0.717) is 6.07 Å². The van der Waals surface area contributed by atoms with E-state index in [1.807, 2.05) is 0 Å². The van der Waals surface area contributed by atoms with Gasteiger partial charge in [0.05, 0.1) is 10.5 Å². The molecule has 1 atom stereocenters. The largest absolute Gasteiger partial charge is 0.454 e. The number of halogens is 2. The van der Waals surface area contributed by atoms with Crippen LogP contribution in [0.1, 0.15) is 28.9 Å². The molecule has 0 N–H and O–H groups in total. The highest BCUT2D eigenvalue weighted by Crippen LogP contribution is 2.24. The molecule has 0 aromatic heterocycles. The lowest BCUT2D eigenvalue weighted by Crippen LogP contribution is -2.14. The van der Waals surface area contributed by atoms with Crippen LogP contribution < -0.4 is 0 Å². The van der Waals surface area contributed by atoms with Crippen LogP contribution in [0.5, 0.6) is 0 Å². The number of hydrogen-bond acceptors (Lipinski definition) is 4. The lowest BCUT2D eigenvalue weighted by Gasteiger charge is -2.15. The van der Waals surface area contributed by atoms with Gasteiger partial charge in [0.1, 0.15) is 17.7 Å². The summed E-state index contributed by atoms with van der Waals surface area (Å²) in [5, 5.41) is 0. The SMILES string of the molecule is C[C@H](OC(=O)c1ccccc1S(C)(=O)=O)c1ccc(F)cc1F. The Hall–Kier alpha value is -2.28. The molecule has 23 heavy (non-hydrogen) atoms. The van der Waals surface area contributed by atoms with E-state index in [-0.39, 0.29) is 16.0 Å². The zero-order valence-corrected chi connectivity index (χ0v) is 13.2. The van der Waals surface area contributed by atoms with Crippen molar-refractivity contribution in [2.75, 3.05) is 6.26 Å².